The predicted octanol–water partition coefficient (Wildman–Crippen LogP) is 2.39. The summed E-state index contributed by atoms with van der Waals surface area (Å²) in [6, 6.07) is 4.36. The lowest BCUT2D eigenvalue weighted by Gasteiger charge is -2.27. The summed E-state index contributed by atoms with van der Waals surface area (Å²) in [5, 5.41) is 2.88. The van der Waals surface area contributed by atoms with E-state index in [4.69, 9.17) is 10.5 Å². The molecule has 1 rings (SSSR count). The van der Waals surface area contributed by atoms with E-state index >= 15 is 0 Å². The van der Waals surface area contributed by atoms with Crippen LogP contribution in [-0.4, -0.2) is 19.6 Å². The molecule has 1 aromatic carbocycles. The first-order valence-corrected chi connectivity index (χ1v) is 6.72. The Balaban J connectivity index is 2.83. The van der Waals surface area contributed by atoms with E-state index in [-0.39, 0.29) is 24.2 Å². The molecule has 0 fully saturated rings. The molecule has 20 heavy (non-hydrogen) atoms. The molecule has 0 spiro atoms. The van der Waals surface area contributed by atoms with Gasteiger partial charge in [0, 0.05) is 6.54 Å². The normalized spacial score (nSPS) is 15.3. The number of hydrogen-bond donors (Lipinski definition) is 2. The van der Waals surface area contributed by atoms with Gasteiger partial charge in [-0.25, -0.2) is 4.39 Å². The first kappa shape index (κ1) is 16.4. The van der Waals surface area contributed by atoms with Gasteiger partial charge in [-0.2, -0.15) is 0 Å². The number of rotatable bonds is 6. The largest absolute Gasteiger partial charge is 0.494 e. The van der Waals surface area contributed by atoms with Gasteiger partial charge in [-0.1, -0.05) is 13.0 Å². The van der Waals surface area contributed by atoms with Gasteiger partial charge in [-0.3, -0.25) is 4.79 Å². The number of carbonyl (C=O) groups excluding carboxylic acids is 1. The van der Waals surface area contributed by atoms with E-state index in [0.717, 1.165) is 0 Å². The van der Waals surface area contributed by atoms with Crippen LogP contribution < -0.4 is 15.8 Å². The van der Waals surface area contributed by atoms with Crippen molar-refractivity contribution in [1.82, 2.24) is 5.32 Å². The van der Waals surface area contributed by atoms with Gasteiger partial charge in [0.2, 0.25) is 5.91 Å². The summed E-state index contributed by atoms with van der Waals surface area (Å²) in [7, 11) is 1.41. The summed E-state index contributed by atoms with van der Waals surface area (Å²) in [5.74, 6) is -0.373. The van der Waals surface area contributed by atoms with Crippen molar-refractivity contribution in [2.45, 2.75) is 33.2 Å². The van der Waals surface area contributed by atoms with Gasteiger partial charge in [0.25, 0.3) is 0 Å². The van der Waals surface area contributed by atoms with E-state index in [9.17, 15) is 9.18 Å². The van der Waals surface area contributed by atoms with Gasteiger partial charge in [0.1, 0.15) is 0 Å². The first-order valence-electron chi connectivity index (χ1n) is 6.72. The second-order valence-electron chi connectivity index (χ2n) is 5.21. The molecule has 0 aliphatic carbocycles. The summed E-state index contributed by atoms with van der Waals surface area (Å²) < 4.78 is 18.5. The molecule has 112 valence electrons. The summed E-state index contributed by atoms with van der Waals surface area (Å²) in [4.78, 5) is 12.2. The molecule has 4 nitrogen and oxygen atoms in total. The third kappa shape index (κ3) is 3.48. The second kappa shape index (κ2) is 6.70. The van der Waals surface area contributed by atoms with Crippen LogP contribution in [0.2, 0.25) is 0 Å². The van der Waals surface area contributed by atoms with Crippen molar-refractivity contribution in [2.75, 3.05) is 13.7 Å². The number of benzene rings is 1. The number of methoxy groups -OCH3 is 1. The lowest BCUT2D eigenvalue weighted by molar-refractivity contribution is -0.130. The number of carbonyl (C=O) groups is 1. The van der Waals surface area contributed by atoms with Crippen molar-refractivity contribution >= 4 is 5.91 Å². The van der Waals surface area contributed by atoms with E-state index < -0.39 is 11.2 Å². The van der Waals surface area contributed by atoms with Crippen LogP contribution in [0.3, 0.4) is 0 Å². The van der Waals surface area contributed by atoms with E-state index in [1.807, 2.05) is 20.8 Å². The van der Waals surface area contributed by atoms with Crippen LogP contribution in [0, 0.1) is 11.2 Å². The molecule has 0 saturated carbocycles. The molecule has 1 aromatic rings. The minimum absolute atomic E-state index is 0.119. The summed E-state index contributed by atoms with van der Waals surface area (Å²) >= 11 is 0. The van der Waals surface area contributed by atoms with Crippen molar-refractivity contribution in [3.63, 3.8) is 0 Å². The van der Waals surface area contributed by atoms with Crippen molar-refractivity contribution < 1.29 is 13.9 Å². The van der Waals surface area contributed by atoms with E-state index in [1.54, 1.807) is 12.1 Å². The van der Waals surface area contributed by atoms with Crippen LogP contribution in [0.5, 0.6) is 5.75 Å². The molecule has 0 heterocycles. The molecule has 3 N–H and O–H groups in total. The SMILES string of the molecule is CCC(C)(CN)C(=O)NC(C)c1ccc(OC)c(F)c1. The van der Waals surface area contributed by atoms with Crippen molar-refractivity contribution in [3.8, 4) is 5.75 Å². The Kier molecular flexibility index (Phi) is 5.51. The zero-order valence-electron chi connectivity index (χ0n) is 12.5. The van der Waals surface area contributed by atoms with Gasteiger partial charge in [0.05, 0.1) is 18.6 Å². The molecule has 0 aromatic heterocycles. The smallest absolute Gasteiger partial charge is 0.227 e. The number of ether oxygens (including phenoxy) is 1. The Hall–Kier alpha value is -1.62. The highest BCUT2D eigenvalue weighted by Crippen LogP contribution is 2.24. The van der Waals surface area contributed by atoms with Crippen molar-refractivity contribution in [1.29, 1.82) is 0 Å². The van der Waals surface area contributed by atoms with Crippen LogP contribution in [-0.2, 0) is 4.79 Å². The molecule has 0 bridgehead atoms. The van der Waals surface area contributed by atoms with Gasteiger partial charge in [-0.15, -0.1) is 0 Å². The summed E-state index contributed by atoms with van der Waals surface area (Å²) in [6.07, 6.45) is 0.652. The molecule has 1 amide bonds. The number of halogens is 1. The average Bonchev–Trinajstić information content (AvgIpc) is 2.45. The molecule has 2 atom stereocenters. The molecule has 0 aliphatic rings. The van der Waals surface area contributed by atoms with Crippen molar-refractivity contribution in [2.24, 2.45) is 11.1 Å². The quantitative estimate of drug-likeness (QED) is 0.842. The standard InChI is InChI=1S/C15H23FN2O2/c1-5-15(3,9-17)14(19)18-10(2)11-6-7-13(20-4)12(16)8-11/h6-8,10H,5,9,17H2,1-4H3,(H,18,19). The second-order valence-corrected chi connectivity index (χ2v) is 5.21. The van der Waals surface area contributed by atoms with E-state index in [1.165, 1.54) is 13.2 Å². The van der Waals surface area contributed by atoms with Crippen LogP contribution >= 0.6 is 0 Å². The zero-order chi connectivity index (χ0) is 15.3. The Bertz CT molecular complexity index is 473. The average molecular weight is 282 g/mol. The number of hydrogen-bond acceptors (Lipinski definition) is 3. The minimum Gasteiger partial charge on any atom is -0.494 e. The number of nitrogens with one attached hydrogen (secondary N) is 1. The summed E-state index contributed by atoms with van der Waals surface area (Å²) in [5.41, 5.74) is 5.75. The minimum atomic E-state index is -0.598. The fourth-order valence-corrected chi connectivity index (χ4v) is 1.80. The molecular weight excluding hydrogens is 259 g/mol. The third-order valence-electron chi connectivity index (χ3n) is 3.80. The highest BCUT2D eigenvalue weighted by atomic mass is 19.1. The number of amides is 1. The van der Waals surface area contributed by atoms with Crippen LogP contribution in [0.15, 0.2) is 18.2 Å². The Morgan fingerprint density at radius 2 is 2.20 bits per heavy atom. The molecule has 0 aliphatic heterocycles. The van der Waals surface area contributed by atoms with Gasteiger partial charge < -0.3 is 15.8 Å². The third-order valence-corrected chi connectivity index (χ3v) is 3.80. The molecule has 0 radical (unpaired) electrons. The lowest BCUT2D eigenvalue weighted by atomic mass is 9.86. The van der Waals surface area contributed by atoms with Gasteiger partial charge in [-0.05, 0) is 38.0 Å². The Labute approximate surface area is 119 Å². The summed E-state index contributed by atoms with van der Waals surface area (Å²) in [6.45, 7) is 5.83. The maximum Gasteiger partial charge on any atom is 0.227 e. The fraction of sp³-hybridized carbons (Fsp3) is 0.533. The van der Waals surface area contributed by atoms with Crippen molar-refractivity contribution in [3.05, 3.63) is 29.6 Å². The molecule has 2 unspecified atom stereocenters. The van der Waals surface area contributed by atoms with Gasteiger partial charge >= 0.3 is 0 Å². The Morgan fingerprint density at radius 1 is 1.55 bits per heavy atom. The lowest BCUT2D eigenvalue weighted by Crippen LogP contribution is -2.44. The van der Waals surface area contributed by atoms with Gasteiger partial charge in [0.15, 0.2) is 11.6 Å². The zero-order valence-corrected chi connectivity index (χ0v) is 12.5. The predicted molar refractivity (Wildman–Crippen MR) is 77.0 cm³/mol. The van der Waals surface area contributed by atoms with E-state index in [0.29, 0.717) is 12.0 Å². The highest BCUT2D eigenvalue weighted by molar-refractivity contribution is 5.82. The Morgan fingerprint density at radius 3 is 2.65 bits per heavy atom. The molecule has 5 heteroatoms. The highest BCUT2D eigenvalue weighted by Gasteiger charge is 2.30. The maximum atomic E-state index is 13.7. The molecule has 0 saturated heterocycles. The maximum absolute atomic E-state index is 13.7. The topological polar surface area (TPSA) is 64.4 Å². The van der Waals surface area contributed by atoms with Crippen LogP contribution in [0.25, 0.3) is 0 Å². The fourth-order valence-electron chi connectivity index (χ4n) is 1.80. The van der Waals surface area contributed by atoms with Crippen LogP contribution in [0.1, 0.15) is 38.8 Å². The molecular formula is C15H23FN2O2. The number of nitrogens with two attached hydrogens (primary N) is 1. The monoisotopic (exact) mass is 282 g/mol. The van der Waals surface area contributed by atoms with Crippen LogP contribution in [0.4, 0.5) is 4.39 Å². The van der Waals surface area contributed by atoms with E-state index in [2.05, 4.69) is 5.32 Å². The first-order chi connectivity index (χ1) is 9.37.